The predicted octanol–water partition coefficient (Wildman–Crippen LogP) is 2.53. The van der Waals surface area contributed by atoms with Crippen LogP contribution in [0.3, 0.4) is 0 Å². The SMILES string of the molecule is COc1cccc(OC)c1C(NN)c1cc(F)cc(F)c1. The molecule has 0 aliphatic carbocycles. The van der Waals surface area contributed by atoms with Crippen LogP contribution in [0, 0.1) is 11.6 Å². The molecule has 0 amide bonds. The zero-order chi connectivity index (χ0) is 15.4. The normalized spacial score (nSPS) is 12.0. The third-order valence-corrected chi connectivity index (χ3v) is 3.14. The Hall–Kier alpha value is -2.18. The molecular weight excluding hydrogens is 278 g/mol. The maximum atomic E-state index is 13.4. The molecule has 3 N–H and O–H groups in total. The Balaban J connectivity index is 2.60. The van der Waals surface area contributed by atoms with Gasteiger partial charge < -0.3 is 9.47 Å². The fourth-order valence-corrected chi connectivity index (χ4v) is 2.25. The van der Waals surface area contributed by atoms with Gasteiger partial charge in [0.25, 0.3) is 0 Å². The van der Waals surface area contributed by atoms with E-state index in [9.17, 15) is 8.78 Å². The van der Waals surface area contributed by atoms with E-state index in [1.807, 2.05) is 0 Å². The summed E-state index contributed by atoms with van der Waals surface area (Å²) < 4.78 is 37.4. The van der Waals surface area contributed by atoms with Crippen molar-refractivity contribution >= 4 is 0 Å². The number of nitrogens with two attached hydrogens (primary N) is 1. The van der Waals surface area contributed by atoms with Gasteiger partial charge in [0.05, 0.1) is 25.8 Å². The molecule has 2 aromatic carbocycles. The van der Waals surface area contributed by atoms with Gasteiger partial charge in [0.15, 0.2) is 0 Å². The van der Waals surface area contributed by atoms with Crippen LogP contribution in [0.1, 0.15) is 17.2 Å². The average molecular weight is 294 g/mol. The maximum Gasteiger partial charge on any atom is 0.127 e. The minimum absolute atomic E-state index is 0.331. The Morgan fingerprint density at radius 2 is 1.52 bits per heavy atom. The van der Waals surface area contributed by atoms with E-state index in [2.05, 4.69) is 5.43 Å². The van der Waals surface area contributed by atoms with E-state index in [1.54, 1.807) is 18.2 Å². The number of halogens is 2. The average Bonchev–Trinajstić information content (AvgIpc) is 2.47. The third-order valence-electron chi connectivity index (χ3n) is 3.14. The molecule has 6 heteroatoms. The fraction of sp³-hybridized carbons (Fsp3) is 0.200. The lowest BCUT2D eigenvalue weighted by Crippen LogP contribution is -2.29. The number of nitrogens with one attached hydrogen (secondary N) is 1. The highest BCUT2D eigenvalue weighted by Crippen LogP contribution is 2.37. The van der Waals surface area contributed by atoms with Crippen molar-refractivity contribution in [1.82, 2.24) is 5.43 Å². The van der Waals surface area contributed by atoms with Gasteiger partial charge in [0, 0.05) is 6.07 Å². The second-order valence-electron chi connectivity index (χ2n) is 4.38. The van der Waals surface area contributed by atoms with E-state index in [0.29, 0.717) is 22.6 Å². The van der Waals surface area contributed by atoms with Gasteiger partial charge in [-0.15, -0.1) is 0 Å². The van der Waals surface area contributed by atoms with Gasteiger partial charge in [0.2, 0.25) is 0 Å². The molecule has 0 radical (unpaired) electrons. The van der Waals surface area contributed by atoms with Crippen LogP contribution in [-0.2, 0) is 0 Å². The number of benzene rings is 2. The molecule has 2 aromatic rings. The van der Waals surface area contributed by atoms with E-state index < -0.39 is 17.7 Å². The molecule has 0 fully saturated rings. The molecule has 0 saturated heterocycles. The van der Waals surface area contributed by atoms with Gasteiger partial charge in [-0.25, -0.2) is 14.2 Å². The first kappa shape index (κ1) is 15.2. The smallest absolute Gasteiger partial charge is 0.127 e. The summed E-state index contributed by atoms with van der Waals surface area (Å²) in [6.45, 7) is 0. The van der Waals surface area contributed by atoms with Crippen molar-refractivity contribution in [3.8, 4) is 11.5 Å². The number of methoxy groups -OCH3 is 2. The van der Waals surface area contributed by atoms with Gasteiger partial charge in [-0.1, -0.05) is 6.07 Å². The molecule has 0 aliphatic heterocycles. The molecule has 4 nitrogen and oxygen atoms in total. The van der Waals surface area contributed by atoms with Crippen LogP contribution in [0.15, 0.2) is 36.4 Å². The van der Waals surface area contributed by atoms with E-state index in [1.165, 1.54) is 26.4 Å². The highest BCUT2D eigenvalue weighted by molar-refractivity contribution is 5.50. The number of hydrogen-bond donors (Lipinski definition) is 2. The zero-order valence-electron chi connectivity index (χ0n) is 11.7. The standard InChI is InChI=1S/C15H16F2N2O2/c1-20-12-4-3-5-13(21-2)14(12)15(19-18)9-6-10(16)8-11(17)7-9/h3-8,15,19H,18H2,1-2H3. The number of hydrazine groups is 1. The van der Waals surface area contributed by atoms with Gasteiger partial charge in [0.1, 0.15) is 23.1 Å². The van der Waals surface area contributed by atoms with E-state index in [-0.39, 0.29) is 0 Å². The largest absolute Gasteiger partial charge is 0.496 e. The summed E-state index contributed by atoms with van der Waals surface area (Å²) >= 11 is 0. The van der Waals surface area contributed by atoms with Crippen LogP contribution in [0.2, 0.25) is 0 Å². The van der Waals surface area contributed by atoms with E-state index in [0.717, 1.165) is 6.07 Å². The van der Waals surface area contributed by atoms with Crippen molar-refractivity contribution in [2.24, 2.45) is 5.84 Å². The Labute approximate surface area is 121 Å². The van der Waals surface area contributed by atoms with E-state index in [4.69, 9.17) is 15.3 Å². The molecule has 0 aliphatic rings. The van der Waals surface area contributed by atoms with Gasteiger partial charge in [-0.05, 0) is 29.8 Å². The first-order valence-electron chi connectivity index (χ1n) is 6.23. The summed E-state index contributed by atoms with van der Waals surface area (Å²) in [5, 5.41) is 0. The van der Waals surface area contributed by atoms with Crippen molar-refractivity contribution in [3.05, 3.63) is 59.2 Å². The molecule has 0 aromatic heterocycles. The summed E-state index contributed by atoms with van der Waals surface area (Å²) in [5.41, 5.74) is 3.44. The molecule has 0 heterocycles. The van der Waals surface area contributed by atoms with E-state index >= 15 is 0 Å². The van der Waals surface area contributed by atoms with Crippen molar-refractivity contribution in [2.75, 3.05) is 14.2 Å². The Morgan fingerprint density at radius 3 is 1.95 bits per heavy atom. The Kier molecular flexibility index (Phi) is 4.72. The van der Waals surface area contributed by atoms with Crippen LogP contribution in [-0.4, -0.2) is 14.2 Å². The second kappa shape index (κ2) is 6.51. The molecular formula is C15H16F2N2O2. The molecule has 0 spiro atoms. The quantitative estimate of drug-likeness (QED) is 0.657. The minimum atomic E-state index is -0.681. The maximum absolute atomic E-state index is 13.4. The first-order valence-corrected chi connectivity index (χ1v) is 6.23. The lowest BCUT2D eigenvalue weighted by Gasteiger charge is -2.22. The van der Waals surface area contributed by atoms with Crippen LogP contribution < -0.4 is 20.7 Å². The zero-order valence-corrected chi connectivity index (χ0v) is 11.7. The minimum Gasteiger partial charge on any atom is -0.496 e. The van der Waals surface area contributed by atoms with Crippen LogP contribution >= 0.6 is 0 Å². The highest BCUT2D eigenvalue weighted by Gasteiger charge is 2.22. The number of rotatable bonds is 5. The first-order chi connectivity index (χ1) is 10.1. The van der Waals surface area contributed by atoms with Crippen molar-refractivity contribution < 1.29 is 18.3 Å². The topological polar surface area (TPSA) is 56.5 Å². The molecule has 0 saturated carbocycles. The summed E-state index contributed by atoms with van der Waals surface area (Å²) in [4.78, 5) is 0. The van der Waals surface area contributed by atoms with Gasteiger partial charge >= 0.3 is 0 Å². The van der Waals surface area contributed by atoms with Crippen LogP contribution in [0.5, 0.6) is 11.5 Å². The van der Waals surface area contributed by atoms with Crippen molar-refractivity contribution in [3.63, 3.8) is 0 Å². The molecule has 112 valence electrons. The summed E-state index contributed by atoms with van der Waals surface area (Å²) in [7, 11) is 3.00. The van der Waals surface area contributed by atoms with Crippen molar-refractivity contribution in [1.29, 1.82) is 0 Å². The Morgan fingerprint density at radius 1 is 1.00 bits per heavy atom. The fourth-order valence-electron chi connectivity index (χ4n) is 2.25. The number of hydrogen-bond acceptors (Lipinski definition) is 4. The molecule has 1 unspecified atom stereocenters. The van der Waals surface area contributed by atoms with Gasteiger partial charge in [-0.2, -0.15) is 0 Å². The van der Waals surface area contributed by atoms with Crippen molar-refractivity contribution in [2.45, 2.75) is 6.04 Å². The lowest BCUT2D eigenvalue weighted by atomic mass is 9.97. The van der Waals surface area contributed by atoms with Crippen LogP contribution in [0.25, 0.3) is 0 Å². The highest BCUT2D eigenvalue weighted by atomic mass is 19.1. The summed E-state index contributed by atoms with van der Waals surface area (Å²) in [6.07, 6.45) is 0. The molecule has 2 rings (SSSR count). The second-order valence-corrected chi connectivity index (χ2v) is 4.38. The third kappa shape index (κ3) is 3.12. The Bertz CT molecular complexity index is 593. The molecule has 0 bridgehead atoms. The molecule has 21 heavy (non-hydrogen) atoms. The predicted molar refractivity (Wildman–Crippen MR) is 75.1 cm³/mol. The molecule has 1 atom stereocenters. The van der Waals surface area contributed by atoms with Gasteiger partial charge in [-0.3, -0.25) is 5.84 Å². The monoisotopic (exact) mass is 294 g/mol. The van der Waals surface area contributed by atoms with Crippen LogP contribution in [0.4, 0.5) is 8.78 Å². The lowest BCUT2D eigenvalue weighted by molar-refractivity contribution is 0.377. The number of ether oxygens (including phenoxy) is 2. The summed E-state index contributed by atoms with van der Waals surface area (Å²) in [6, 6.07) is 7.73. The summed E-state index contributed by atoms with van der Waals surface area (Å²) in [5.74, 6) is 5.22.